The Morgan fingerprint density at radius 3 is 2.82 bits per heavy atom. The van der Waals surface area contributed by atoms with Gasteiger partial charge in [-0.1, -0.05) is 6.07 Å². The third-order valence-electron chi connectivity index (χ3n) is 3.34. The number of fused-ring (bicyclic) bond motifs is 1. The van der Waals surface area contributed by atoms with Gasteiger partial charge in [0.2, 0.25) is 0 Å². The summed E-state index contributed by atoms with van der Waals surface area (Å²) >= 11 is 0. The van der Waals surface area contributed by atoms with E-state index in [0.717, 1.165) is 10.9 Å². The third kappa shape index (κ3) is 2.93. The van der Waals surface area contributed by atoms with Crippen molar-refractivity contribution in [1.29, 1.82) is 0 Å². The number of halogens is 1. The summed E-state index contributed by atoms with van der Waals surface area (Å²) in [7, 11) is 1.55. The zero-order chi connectivity index (χ0) is 15.5. The molecule has 0 fully saturated rings. The van der Waals surface area contributed by atoms with E-state index in [1.807, 2.05) is 6.07 Å². The van der Waals surface area contributed by atoms with Gasteiger partial charge in [-0.15, -0.1) is 0 Å². The molecule has 1 aromatic heterocycles. The number of benzene rings is 2. The molecular weight excluding hydrogens is 285 g/mol. The van der Waals surface area contributed by atoms with Crippen LogP contribution in [0.25, 0.3) is 11.0 Å². The number of ether oxygens (including phenoxy) is 1. The Bertz CT molecular complexity index is 873. The molecule has 112 valence electrons. The normalized spacial score (nSPS) is 10.6. The number of rotatable bonds is 4. The summed E-state index contributed by atoms with van der Waals surface area (Å²) in [6.07, 6.45) is 0. The lowest BCUT2D eigenvalue weighted by Crippen LogP contribution is -2.06. The van der Waals surface area contributed by atoms with Crippen molar-refractivity contribution < 1.29 is 13.5 Å². The fourth-order valence-electron chi connectivity index (χ4n) is 2.28. The van der Waals surface area contributed by atoms with Crippen molar-refractivity contribution in [2.75, 3.05) is 12.4 Å². The number of hydrogen-bond acceptors (Lipinski definition) is 4. The van der Waals surface area contributed by atoms with Crippen LogP contribution in [-0.2, 0) is 6.54 Å². The average molecular weight is 299 g/mol. The molecule has 1 N–H and O–H groups in total. The molecule has 0 bridgehead atoms. The van der Waals surface area contributed by atoms with Gasteiger partial charge in [0.25, 0.3) is 0 Å². The molecule has 0 amide bonds. The van der Waals surface area contributed by atoms with Crippen LogP contribution in [0.3, 0.4) is 0 Å². The molecular formula is C17H14FNO3. The van der Waals surface area contributed by atoms with Gasteiger partial charge < -0.3 is 14.5 Å². The van der Waals surface area contributed by atoms with E-state index in [9.17, 15) is 9.18 Å². The van der Waals surface area contributed by atoms with Crippen molar-refractivity contribution >= 4 is 16.7 Å². The highest BCUT2D eigenvalue weighted by atomic mass is 19.1. The van der Waals surface area contributed by atoms with Gasteiger partial charge in [-0.25, -0.2) is 9.18 Å². The third-order valence-corrected chi connectivity index (χ3v) is 3.34. The highest BCUT2D eigenvalue weighted by Gasteiger charge is 2.07. The van der Waals surface area contributed by atoms with Crippen LogP contribution in [0.1, 0.15) is 5.56 Å². The molecule has 22 heavy (non-hydrogen) atoms. The van der Waals surface area contributed by atoms with Gasteiger partial charge in [0.05, 0.1) is 7.11 Å². The standard InChI is InChI=1S/C17H14FNO3/c1-21-14-5-6-15-11(7-17(20)22-16(15)9-14)10-19-13-4-2-3-12(18)8-13/h2-9,19H,10H2,1H3. The van der Waals surface area contributed by atoms with Gasteiger partial charge >= 0.3 is 5.63 Å². The van der Waals surface area contributed by atoms with E-state index in [1.165, 1.54) is 18.2 Å². The molecule has 4 nitrogen and oxygen atoms in total. The van der Waals surface area contributed by atoms with E-state index < -0.39 is 5.63 Å². The SMILES string of the molecule is COc1ccc2c(CNc3cccc(F)c3)cc(=O)oc2c1. The number of hydrogen-bond donors (Lipinski definition) is 1. The first-order valence-corrected chi connectivity index (χ1v) is 6.76. The van der Waals surface area contributed by atoms with E-state index in [-0.39, 0.29) is 5.82 Å². The lowest BCUT2D eigenvalue weighted by atomic mass is 10.1. The first-order valence-electron chi connectivity index (χ1n) is 6.76. The predicted octanol–water partition coefficient (Wildman–Crippen LogP) is 3.55. The zero-order valence-electron chi connectivity index (χ0n) is 11.9. The molecule has 0 saturated carbocycles. The lowest BCUT2D eigenvalue weighted by Gasteiger charge is -2.09. The molecule has 0 spiro atoms. The molecule has 0 aliphatic carbocycles. The molecule has 3 rings (SSSR count). The van der Waals surface area contributed by atoms with Crippen LogP contribution < -0.4 is 15.7 Å². The zero-order valence-corrected chi connectivity index (χ0v) is 11.9. The van der Waals surface area contributed by atoms with Crippen molar-refractivity contribution in [2.24, 2.45) is 0 Å². The fraction of sp³-hybridized carbons (Fsp3) is 0.118. The summed E-state index contributed by atoms with van der Waals surface area (Å²) in [5.74, 6) is 0.304. The highest BCUT2D eigenvalue weighted by molar-refractivity contribution is 5.81. The first-order chi connectivity index (χ1) is 10.7. The summed E-state index contributed by atoms with van der Waals surface area (Å²) in [6.45, 7) is 0.387. The second-order valence-electron chi connectivity index (χ2n) is 4.82. The topological polar surface area (TPSA) is 51.5 Å². The Labute approximate surface area is 126 Å². The van der Waals surface area contributed by atoms with Crippen LogP contribution in [0.5, 0.6) is 5.75 Å². The molecule has 0 atom stereocenters. The summed E-state index contributed by atoms with van der Waals surface area (Å²) in [5.41, 5.74) is 1.45. The fourth-order valence-corrected chi connectivity index (χ4v) is 2.28. The second-order valence-corrected chi connectivity index (χ2v) is 4.82. The number of methoxy groups -OCH3 is 1. The van der Waals surface area contributed by atoms with Crippen LogP contribution in [0.15, 0.2) is 57.7 Å². The van der Waals surface area contributed by atoms with Crippen LogP contribution in [0.2, 0.25) is 0 Å². The predicted molar refractivity (Wildman–Crippen MR) is 82.8 cm³/mol. The summed E-state index contributed by atoms with van der Waals surface area (Å²) in [4.78, 5) is 11.7. The van der Waals surface area contributed by atoms with Gasteiger partial charge in [-0.3, -0.25) is 0 Å². The van der Waals surface area contributed by atoms with E-state index >= 15 is 0 Å². The van der Waals surface area contributed by atoms with E-state index in [0.29, 0.717) is 23.6 Å². The minimum atomic E-state index is -0.434. The summed E-state index contributed by atoms with van der Waals surface area (Å²) in [5, 5.41) is 3.91. The quantitative estimate of drug-likeness (QED) is 0.748. The molecule has 0 aliphatic rings. The van der Waals surface area contributed by atoms with Crippen LogP contribution in [0, 0.1) is 5.82 Å². The molecule has 0 aliphatic heterocycles. The van der Waals surface area contributed by atoms with Crippen molar-refractivity contribution in [3.63, 3.8) is 0 Å². The number of anilines is 1. The van der Waals surface area contributed by atoms with E-state index in [2.05, 4.69) is 5.32 Å². The molecule has 5 heteroatoms. The Morgan fingerprint density at radius 2 is 2.05 bits per heavy atom. The molecule has 2 aromatic carbocycles. The van der Waals surface area contributed by atoms with Crippen molar-refractivity contribution in [2.45, 2.75) is 6.54 Å². The smallest absolute Gasteiger partial charge is 0.336 e. The minimum absolute atomic E-state index is 0.313. The highest BCUT2D eigenvalue weighted by Crippen LogP contribution is 2.23. The van der Waals surface area contributed by atoms with Crippen LogP contribution in [0.4, 0.5) is 10.1 Å². The van der Waals surface area contributed by atoms with Gasteiger partial charge in [0.15, 0.2) is 0 Å². The molecule has 1 heterocycles. The van der Waals surface area contributed by atoms with Crippen LogP contribution >= 0.6 is 0 Å². The Hall–Kier alpha value is -2.82. The molecule has 3 aromatic rings. The van der Waals surface area contributed by atoms with Gasteiger partial charge in [0, 0.05) is 29.8 Å². The van der Waals surface area contributed by atoms with Crippen LogP contribution in [-0.4, -0.2) is 7.11 Å². The Balaban J connectivity index is 1.94. The average Bonchev–Trinajstić information content (AvgIpc) is 2.52. The maximum atomic E-state index is 13.2. The largest absolute Gasteiger partial charge is 0.497 e. The van der Waals surface area contributed by atoms with Crippen molar-refractivity contribution in [1.82, 2.24) is 0 Å². The van der Waals surface area contributed by atoms with Crippen molar-refractivity contribution in [3.8, 4) is 5.75 Å². The van der Waals surface area contributed by atoms with Crippen molar-refractivity contribution in [3.05, 3.63) is 70.3 Å². The summed E-state index contributed by atoms with van der Waals surface area (Å²) < 4.78 is 23.5. The monoisotopic (exact) mass is 299 g/mol. The van der Waals surface area contributed by atoms with Gasteiger partial charge in [0.1, 0.15) is 17.1 Å². The minimum Gasteiger partial charge on any atom is -0.497 e. The lowest BCUT2D eigenvalue weighted by molar-refractivity contribution is 0.414. The second kappa shape index (κ2) is 5.89. The molecule has 0 unspecified atom stereocenters. The Kier molecular flexibility index (Phi) is 3.78. The summed E-state index contributed by atoms with van der Waals surface area (Å²) in [6, 6.07) is 12.9. The van der Waals surface area contributed by atoms with Gasteiger partial charge in [-0.2, -0.15) is 0 Å². The van der Waals surface area contributed by atoms with Gasteiger partial charge in [-0.05, 0) is 35.9 Å². The first kappa shape index (κ1) is 14.1. The number of nitrogens with one attached hydrogen (secondary N) is 1. The van der Waals surface area contributed by atoms with E-state index in [1.54, 1.807) is 31.4 Å². The molecule has 0 saturated heterocycles. The maximum absolute atomic E-state index is 13.2. The Morgan fingerprint density at radius 1 is 1.18 bits per heavy atom. The molecule has 0 radical (unpaired) electrons. The maximum Gasteiger partial charge on any atom is 0.336 e. The van der Waals surface area contributed by atoms with E-state index in [4.69, 9.17) is 9.15 Å².